The second-order valence-electron chi connectivity index (χ2n) is 13.7. The molecule has 322 valence electrons. The van der Waals surface area contributed by atoms with E-state index in [-0.39, 0.29) is 45.6 Å². The van der Waals surface area contributed by atoms with Crippen molar-refractivity contribution in [2.75, 3.05) is 13.2 Å². The van der Waals surface area contributed by atoms with Crippen LogP contribution < -0.4 is 14.9 Å². The fourth-order valence-corrected chi connectivity index (χ4v) is 6.19. The summed E-state index contributed by atoms with van der Waals surface area (Å²) in [7, 11) is 0. The summed E-state index contributed by atoms with van der Waals surface area (Å²) in [5.41, 5.74) is -0.0842. The zero-order valence-electron chi connectivity index (χ0n) is 30.9. The standard InChI is InChI=1S/C39H40O21/c40-18-5-3-17(4-6-18)37-25(58-39-36(53)34(51)31(48)26(60-39)14-54-29(46)8-2-16-1-7-21(42)22(43)9-16)12-20-23(56-37)10-19(41)11-24(20)57-38-35(52)33(50)32(49)27(59-38)15-55-30(47)13-28(44)45/h1-12,26-27,29,31-36,38-40,42-43,46,48-53H,13-15H2,(H,44,45)/p+1. The van der Waals surface area contributed by atoms with Crippen molar-refractivity contribution in [3.8, 4) is 51.4 Å². The first-order valence-corrected chi connectivity index (χ1v) is 18.0. The Morgan fingerprint density at radius 1 is 0.750 bits per heavy atom. The van der Waals surface area contributed by atoms with Crippen LogP contribution >= 0.6 is 0 Å². The Kier molecular flexibility index (Phi) is 13.6. The summed E-state index contributed by atoms with van der Waals surface area (Å²) in [5.74, 6) is -4.40. The largest absolute Gasteiger partial charge is 0.508 e. The number of hydrogen-bond donors (Lipinski definition) is 11. The van der Waals surface area contributed by atoms with Crippen molar-refractivity contribution in [1.29, 1.82) is 0 Å². The Hall–Kier alpha value is -5.85. The fourth-order valence-electron chi connectivity index (χ4n) is 6.19. The monoisotopic (exact) mass is 845 g/mol. The van der Waals surface area contributed by atoms with Crippen molar-refractivity contribution < 1.29 is 98.6 Å². The van der Waals surface area contributed by atoms with Crippen LogP contribution in [0.1, 0.15) is 12.0 Å². The SMILES string of the molecule is O=C(O)CC(=O)OCC1OC(Oc2cc(=O)cc3oc(-c4ccc(O)cc4)c(OC4OC(C[OH+]C(O)C=Cc5ccc(O)c(O)c5)C(O)C(O)C4O)cc2-3)C(O)C(O)C1O. The lowest BCUT2D eigenvalue weighted by molar-refractivity contribution is -0.303. The molecule has 0 amide bonds. The molecule has 60 heavy (non-hydrogen) atoms. The predicted octanol–water partition coefficient (Wildman–Crippen LogP) is -1.52. The second-order valence-corrected chi connectivity index (χ2v) is 13.7. The molecule has 2 aromatic rings. The smallest absolute Gasteiger partial charge is 0.317 e. The van der Waals surface area contributed by atoms with E-state index in [1.165, 1.54) is 60.7 Å². The highest BCUT2D eigenvalue weighted by molar-refractivity contribution is 5.90. The normalized spacial score (nSPS) is 27.4. The summed E-state index contributed by atoms with van der Waals surface area (Å²) in [6.45, 7) is -1.21. The van der Waals surface area contributed by atoms with Crippen LogP contribution in [0, 0.1) is 0 Å². The maximum absolute atomic E-state index is 12.9. The number of aliphatic hydroxyl groups excluding tert-OH is 7. The van der Waals surface area contributed by atoms with Crippen molar-refractivity contribution in [3.05, 3.63) is 82.5 Å². The van der Waals surface area contributed by atoms with Gasteiger partial charge in [-0.15, -0.1) is 0 Å². The van der Waals surface area contributed by atoms with Crippen molar-refractivity contribution in [1.82, 2.24) is 0 Å². The number of phenols is 3. The van der Waals surface area contributed by atoms with Gasteiger partial charge in [0.25, 0.3) is 6.29 Å². The minimum Gasteiger partial charge on any atom is -0.508 e. The number of rotatable bonds is 14. The molecule has 0 radical (unpaired) electrons. The maximum atomic E-state index is 12.9. The Morgan fingerprint density at radius 2 is 1.38 bits per heavy atom. The lowest BCUT2D eigenvalue weighted by Gasteiger charge is -2.40. The number of phenolic OH excluding ortho intramolecular Hbond substituents is 3. The zero-order chi connectivity index (χ0) is 43.4. The average Bonchev–Trinajstić information content (AvgIpc) is 3.20. The van der Waals surface area contributed by atoms with Crippen LogP contribution in [-0.2, 0) is 23.8 Å². The van der Waals surface area contributed by atoms with Gasteiger partial charge in [0, 0.05) is 23.8 Å². The quantitative estimate of drug-likeness (QED) is 0.0226. The number of carbonyl (C=O) groups is 2. The minimum atomic E-state index is -1.96. The molecule has 1 aliphatic carbocycles. The molecule has 0 aromatic heterocycles. The highest BCUT2D eigenvalue weighted by Crippen LogP contribution is 2.43. The van der Waals surface area contributed by atoms with Crippen LogP contribution in [0.5, 0.6) is 28.7 Å². The number of aliphatic carboxylic acids is 1. The number of carbonyl (C=O) groups excluding carboxylic acids is 1. The third-order valence-electron chi connectivity index (χ3n) is 9.38. The van der Waals surface area contributed by atoms with Gasteiger partial charge in [-0.2, -0.15) is 0 Å². The van der Waals surface area contributed by atoms with E-state index in [2.05, 4.69) is 4.74 Å². The van der Waals surface area contributed by atoms with Crippen molar-refractivity contribution in [2.45, 2.75) is 74.1 Å². The van der Waals surface area contributed by atoms with E-state index in [4.69, 9.17) is 33.2 Å². The molecule has 11 unspecified atom stereocenters. The summed E-state index contributed by atoms with van der Waals surface area (Å²) in [6, 6.07) is 12.6. The van der Waals surface area contributed by atoms with E-state index in [0.717, 1.165) is 12.1 Å². The van der Waals surface area contributed by atoms with Gasteiger partial charge >= 0.3 is 11.9 Å². The van der Waals surface area contributed by atoms with E-state index in [1.54, 1.807) is 0 Å². The van der Waals surface area contributed by atoms with Gasteiger partial charge in [-0.1, -0.05) is 6.07 Å². The molecule has 6 rings (SSSR count). The lowest BCUT2D eigenvalue weighted by atomic mass is 9.99. The maximum Gasteiger partial charge on any atom is 0.317 e. The van der Waals surface area contributed by atoms with Crippen molar-refractivity contribution in [2.24, 2.45) is 0 Å². The average molecular weight is 846 g/mol. The zero-order valence-corrected chi connectivity index (χ0v) is 30.9. The third kappa shape index (κ3) is 10.1. The molecular weight excluding hydrogens is 804 g/mol. The number of carboxylic acid groups (broad SMARTS) is 1. The van der Waals surface area contributed by atoms with Crippen LogP contribution in [0.3, 0.4) is 0 Å². The molecule has 0 bridgehead atoms. The minimum absolute atomic E-state index is 0.0535. The number of benzene rings is 3. The number of carboxylic acids is 1. The number of fused-ring (bicyclic) bond motifs is 1. The second kappa shape index (κ2) is 18.6. The molecule has 11 atom stereocenters. The van der Waals surface area contributed by atoms with Gasteiger partial charge in [-0.05, 0) is 54.1 Å². The summed E-state index contributed by atoms with van der Waals surface area (Å²) in [4.78, 5) is 35.6. The molecule has 0 saturated carbocycles. The molecule has 3 heterocycles. The number of aromatic hydroxyl groups is 3. The first kappa shape index (κ1) is 43.7. The molecule has 2 aromatic carbocycles. The van der Waals surface area contributed by atoms with Crippen LogP contribution in [0.15, 0.2) is 76.0 Å². The highest BCUT2D eigenvalue weighted by Gasteiger charge is 2.48. The lowest BCUT2D eigenvalue weighted by Crippen LogP contribution is -2.60. The van der Waals surface area contributed by atoms with Gasteiger partial charge in [0.05, 0.1) is 5.56 Å². The Balaban J connectivity index is 1.27. The van der Waals surface area contributed by atoms with Gasteiger partial charge in [0.1, 0.15) is 73.0 Å². The van der Waals surface area contributed by atoms with E-state index in [1.807, 2.05) is 0 Å². The van der Waals surface area contributed by atoms with Crippen molar-refractivity contribution in [3.63, 3.8) is 0 Å². The Morgan fingerprint density at radius 3 is 2.03 bits per heavy atom. The van der Waals surface area contributed by atoms with Gasteiger partial charge in [0.15, 0.2) is 41.1 Å². The summed E-state index contributed by atoms with van der Waals surface area (Å²) in [6.07, 6.45) is -17.7. The number of aliphatic hydroxyl groups is 9. The van der Waals surface area contributed by atoms with Crippen LogP contribution in [0.25, 0.3) is 28.7 Å². The predicted molar refractivity (Wildman–Crippen MR) is 198 cm³/mol. The van der Waals surface area contributed by atoms with Gasteiger partial charge in [0.2, 0.25) is 12.6 Å². The molecule has 0 spiro atoms. The Bertz CT molecular complexity index is 2190. The number of hydrogen-bond acceptors (Lipinski definition) is 19. The molecule has 3 aliphatic heterocycles. The first-order chi connectivity index (χ1) is 28.5. The van der Waals surface area contributed by atoms with Gasteiger partial charge < -0.3 is 89.0 Å². The first-order valence-electron chi connectivity index (χ1n) is 18.0. The van der Waals surface area contributed by atoms with E-state index in [9.17, 15) is 65.4 Å². The summed E-state index contributed by atoms with van der Waals surface area (Å²) in [5, 5.41) is 113. The molecule has 21 heteroatoms. The Labute approximate surface area is 337 Å². The van der Waals surface area contributed by atoms with Crippen LogP contribution in [-0.4, -0.2) is 154 Å². The summed E-state index contributed by atoms with van der Waals surface area (Å²) < 4.78 is 38.2. The van der Waals surface area contributed by atoms with E-state index < -0.39 is 110 Å². The highest BCUT2D eigenvalue weighted by atomic mass is 16.7. The summed E-state index contributed by atoms with van der Waals surface area (Å²) >= 11 is 0. The molecule has 2 saturated heterocycles. The molecule has 4 aliphatic rings. The van der Waals surface area contributed by atoms with Gasteiger partial charge in [-0.25, -0.2) is 0 Å². The van der Waals surface area contributed by atoms with Crippen molar-refractivity contribution >= 4 is 18.0 Å². The molecular formula is C39H41O21+. The molecule has 2 fully saturated rings. The molecule has 12 N–H and O–H groups in total. The van der Waals surface area contributed by atoms with E-state index in [0.29, 0.717) is 5.56 Å². The van der Waals surface area contributed by atoms with Gasteiger partial charge in [-0.3, -0.25) is 14.4 Å². The number of ether oxygens (including phenoxy) is 6. The third-order valence-corrected chi connectivity index (χ3v) is 9.38. The van der Waals surface area contributed by atoms with Crippen LogP contribution in [0.4, 0.5) is 0 Å². The molecule has 21 nitrogen and oxygen atoms in total. The topological polar surface area (TPSA) is 346 Å². The fraction of sp³-hybridized carbons (Fsp3) is 0.359. The van der Waals surface area contributed by atoms with E-state index >= 15 is 0 Å². The number of esters is 1. The van der Waals surface area contributed by atoms with Crippen LogP contribution in [0.2, 0.25) is 0 Å².